The van der Waals surface area contributed by atoms with Crippen LogP contribution in [0.4, 0.5) is 0 Å². The van der Waals surface area contributed by atoms with Gasteiger partial charge >= 0.3 is 0 Å². The van der Waals surface area contributed by atoms with Crippen molar-refractivity contribution in [3.8, 4) is 0 Å². The van der Waals surface area contributed by atoms with Gasteiger partial charge in [-0.05, 0) is 18.9 Å². The highest BCUT2D eigenvalue weighted by Crippen LogP contribution is 2.54. The number of hydrogen-bond acceptors (Lipinski definition) is 2. The lowest BCUT2D eigenvalue weighted by molar-refractivity contribution is 0.214. The maximum Gasteiger partial charge on any atom is 0.0502 e. The van der Waals surface area contributed by atoms with Gasteiger partial charge in [0.05, 0.1) is 6.61 Å². The summed E-state index contributed by atoms with van der Waals surface area (Å²) < 4.78 is 0. The fraction of sp³-hybridized carbons (Fsp3) is 1.00. The molecule has 2 nitrogen and oxygen atoms in total. The lowest BCUT2D eigenvalue weighted by Gasteiger charge is -2.03. The molecule has 0 spiro atoms. The van der Waals surface area contributed by atoms with Gasteiger partial charge in [-0.3, -0.25) is 0 Å². The molecular formula is C6H12ClNO. The van der Waals surface area contributed by atoms with Gasteiger partial charge in [0, 0.05) is 12.0 Å². The molecule has 2 aliphatic rings. The van der Waals surface area contributed by atoms with Gasteiger partial charge in [0.1, 0.15) is 0 Å². The van der Waals surface area contributed by atoms with Crippen LogP contribution in [-0.4, -0.2) is 24.8 Å². The van der Waals surface area contributed by atoms with Crippen molar-refractivity contribution < 1.29 is 5.11 Å². The monoisotopic (exact) mass is 149 g/mol. The molecule has 2 rings (SSSR count). The summed E-state index contributed by atoms with van der Waals surface area (Å²) in [6, 6.07) is 0. The van der Waals surface area contributed by atoms with E-state index in [1.54, 1.807) is 0 Å². The van der Waals surface area contributed by atoms with E-state index in [0.717, 1.165) is 19.0 Å². The molecule has 1 saturated heterocycles. The van der Waals surface area contributed by atoms with Crippen LogP contribution in [0.1, 0.15) is 6.42 Å². The van der Waals surface area contributed by atoms with Gasteiger partial charge in [-0.2, -0.15) is 0 Å². The molecule has 1 saturated carbocycles. The molecule has 3 heteroatoms. The minimum Gasteiger partial charge on any atom is -0.396 e. The summed E-state index contributed by atoms with van der Waals surface area (Å²) in [4.78, 5) is 0. The van der Waals surface area contributed by atoms with Crippen LogP contribution in [0.15, 0.2) is 0 Å². The van der Waals surface area contributed by atoms with Crippen molar-refractivity contribution in [2.45, 2.75) is 6.42 Å². The topological polar surface area (TPSA) is 32.3 Å². The summed E-state index contributed by atoms with van der Waals surface area (Å²) in [5.74, 6) is 0.812. The summed E-state index contributed by atoms with van der Waals surface area (Å²) in [6.45, 7) is 2.58. The van der Waals surface area contributed by atoms with Crippen LogP contribution in [0.3, 0.4) is 0 Å². The Kier molecular flexibility index (Phi) is 1.72. The highest BCUT2D eigenvalue weighted by Gasteiger charge is 2.56. The van der Waals surface area contributed by atoms with E-state index in [0.29, 0.717) is 12.0 Å². The third-order valence-corrected chi connectivity index (χ3v) is 2.54. The Morgan fingerprint density at radius 3 is 2.67 bits per heavy atom. The fourth-order valence-electron chi connectivity index (χ4n) is 1.68. The van der Waals surface area contributed by atoms with Crippen LogP contribution in [-0.2, 0) is 0 Å². The Bertz CT molecular complexity index is 116. The number of fused-ring (bicyclic) bond motifs is 1. The van der Waals surface area contributed by atoms with E-state index in [-0.39, 0.29) is 12.4 Å². The van der Waals surface area contributed by atoms with Crippen LogP contribution >= 0.6 is 12.4 Å². The molecule has 2 N–H and O–H groups in total. The molecule has 0 aromatic heterocycles. The van der Waals surface area contributed by atoms with Crippen molar-refractivity contribution >= 4 is 12.4 Å². The van der Waals surface area contributed by atoms with Crippen molar-refractivity contribution in [1.82, 2.24) is 5.32 Å². The SMILES string of the molecule is Cl.OC[C@]12CNC[C@H]1C2. The van der Waals surface area contributed by atoms with E-state index in [4.69, 9.17) is 5.11 Å². The van der Waals surface area contributed by atoms with Crippen molar-refractivity contribution in [3.63, 3.8) is 0 Å². The second-order valence-corrected chi connectivity index (χ2v) is 3.05. The smallest absolute Gasteiger partial charge is 0.0502 e. The first-order valence-electron chi connectivity index (χ1n) is 3.19. The average Bonchev–Trinajstić information content (AvgIpc) is 2.38. The van der Waals surface area contributed by atoms with E-state index in [1.807, 2.05) is 0 Å². The number of hydrogen-bond donors (Lipinski definition) is 2. The number of aliphatic hydroxyl groups excluding tert-OH is 1. The molecule has 0 amide bonds. The lowest BCUT2D eigenvalue weighted by Crippen LogP contribution is -2.18. The standard InChI is InChI=1S/C6H11NO.ClH/c8-4-6-1-5(6)2-7-3-6;/h5,7-8H,1-4H2;1H/t5-,6+;/m1./s1. The normalized spacial score (nSPS) is 45.7. The Morgan fingerprint density at radius 1 is 1.67 bits per heavy atom. The predicted molar refractivity (Wildman–Crippen MR) is 37.7 cm³/mol. The molecule has 9 heavy (non-hydrogen) atoms. The number of piperidine rings is 1. The van der Waals surface area contributed by atoms with E-state index >= 15 is 0 Å². The molecule has 1 aliphatic carbocycles. The summed E-state index contributed by atoms with van der Waals surface area (Å²) in [7, 11) is 0. The lowest BCUT2D eigenvalue weighted by atomic mass is 10.1. The molecular weight excluding hydrogens is 138 g/mol. The predicted octanol–water partition coefficient (Wildman–Crippen LogP) is 0.0100. The average molecular weight is 150 g/mol. The van der Waals surface area contributed by atoms with Crippen molar-refractivity contribution in [1.29, 1.82) is 0 Å². The summed E-state index contributed by atoms with van der Waals surface area (Å²) >= 11 is 0. The third kappa shape index (κ3) is 0.858. The zero-order valence-electron chi connectivity index (χ0n) is 5.26. The first-order chi connectivity index (χ1) is 3.87. The maximum absolute atomic E-state index is 8.83. The minimum absolute atomic E-state index is 0. The van der Waals surface area contributed by atoms with E-state index in [2.05, 4.69) is 5.32 Å². The van der Waals surface area contributed by atoms with Crippen molar-refractivity contribution in [3.05, 3.63) is 0 Å². The highest BCUT2D eigenvalue weighted by atomic mass is 35.5. The number of halogens is 1. The molecule has 0 aromatic rings. The number of nitrogens with one attached hydrogen (secondary N) is 1. The minimum atomic E-state index is 0. The fourth-order valence-corrected chi connectivity index (χ4v) is 1.68. The van der Waals surface area contributed by atoms with Crippen molar-refractivity contribution in [2.75, 3.05) is 19.7 Å². The van der Waals surface area contributed by atoms with Crippen LogP contribution in [0.25, 0.3) is 0 Å². The molecule has 0 aromatic carbocycles. The second-order valence-electron chi connectivity index (χ2n) is 3.05. The highest BCUT2D eigenvalue weighted by molar-refractivity contribution is 5.85. The van der Waals surface area contributed by atoms with Gasteiger partial charge in [0.25, 0.3) is 0 Å². The molecule has 0 unspecified atom stereocenters. The molecule has 1 aliphatic heterocycles. The van der Waals surface area contributed by atoms with Crippen LogP contribution in [0.2, 0.25) is 0 Å². The maximum atomic E-state index is 8.83. The molecule has 2 fully saturated rings. The first-order valence-corrected chi connectivity index (χ1v) is 3.19. The first kappa shape index (κ1) is 7.32. The third-order valence-electron chi connectivity index (χ3n) is 2.54. The molecule has 0 radical (unpaired) electrons. The molecule has 0 bridgehead atoms. The van der Waals surface area contributed by atoms with Crippen molar-refractivity contribution in [2.24, 2.45) is 11.3 Å². The summed E-state index contributed by atoms with van der Waals surface area (Å²) in [6.07, 6.45) is 1.26. The number of aliphatic hydroxyl groups is 1. The van der Waals surface area contributed by atoms with E-state index in [9.17, 15) is 0 Å². The van der Waals surface area contributed by atoms with Gasteiger partial charge < -0.3 is 10.4 Å². The van der Waals surface area contributed by atoms with Crippen LogP contribution < -0.4 is 5.32 Å². The summed E-state index contributed by atoms with van der Waals surface area (Å²) in [5, 5.41) is 12.1. The van der Waals surface area contributed by atoms with Gasteiger partial charge in [-0.25, -0.2) is 0 Å². The summed E-state index contributed by atoms with van der Waals surface area (Å²) in [5.41, 5.74) is 0.347. The van der Waals surface area contributed by atoms with Crippen LogP contribution in [0, 0.1) is 11.3 Å². The van der Waals surface area contributed by atoms with Gasteiger partial charge in [0.15, 0.2) is 0 Å². The Hall–Kier alpha value is 0.210. The second kappa shape index (κ2) is 2.11. The van der Waals surface area contributed by atoms with Crippen LogP contribution in [0.5, 0.6) is 0 Å². The molecule has 1 heterocycles. The molecule has 2 atom stereocenters. The Morgan fingerprint density at radius 2 is 2.44 bits per heavy atom. The van der Waals surface area contributed by atoms with Gasteiger partial charge in [-0.15, -0.1) is 12.4 Å². The zero-order chi connectivity index (χ0) is 5.61. The van der Waals surface area contributed by atoms with E-state index in [1.165, 1.54) is 6.42 Å². The van der Waals surface area contributed by atoms with Gasteiger partial charge in [0.2, 0.25) is 0 Å². The quantitative estimate of drug-likeness (QED) is 0.551. The Balaban J connectivity index is 0.000000405. The molecule has 54 valence electrons. The Labute approximate surface area is 61.0 Å². The zero-order valence-corrected chi connectivity index (χ0v) is 6.08. The largest absolute Gasteiger partial charge is 0.396 e. The number of rotatable bonds is 1. The van der Waals surface area contributed by atoms with Gasteiger partial charge in [-0.1, -0.05) is 0 Å². The van der Waals surface area contributed by atoms with E-state index < -0.39 is 0 Å².